The first kappa shape index (κ1) is 32.6. The Morgan fingerprint density at radius 2 is 1.35 bits per heavy atom. The van der Waals surface area contributed by atoms with E-state index in [0.29, 0.717) is 29.9 Å². The van der Waals surface area contributed by atoms with Gasteiger partial charge in [0, 0.05) is 19.4 Å². The molecule has 0 saturated carbocycles. The number of piperidine rings is 2. The van der Waals surface area contributed by atoms with E-state index < -0.39 is 6.29 Å². The van der Waals surface area contributed by atoms with E-state index in [2.05, 4.69) is 14.8 Å². The number of benzene rings is 3. The number of ether oxygens (including phenoxy) is 6. The van der Waals surface area contributed by atoms with Gasteiger partial charge in [-0.1, -0.05) is 18.2 Å². The minimum absolute atomic E-state index is 0.0117. The molecule has 0 bridgehead atoms. The van der Waals surface area contributed by atoms with Gasteiger partial charge in [0.15, 0.2) is 11.5 Å². The van der Waals surface area contributed by atoms with Crippen LogP contribution in [0.25, 0.3) is 0 Å². The third-order valence-corrected chi connectivity index (χ3v) is 8.23. The number of carbonyl (C=O) groups excluding carboxylic acids is 2. The van der Waals surface area contributed by atoms with Gasteiger partial charge in [0.2, 0.25) is 11.8 Å². The summed E-state index contributed by atoms with van der Waals surface area (Å²) in [6.07, 6.45) is 0.666. The molecule has 2 atom stereocenters. The number of hydrogen-bond acceptors (Lipinski definition) is 8. The second-order valence-corrected chi connectivity index (χ2v) is 11.0. The second kappa shape index (κ2) is 14.1. The number of amides is 2. The van der Waals surface area contributed by atoms with Crippen LogP contribution in [0.1, 0.15) is 67.3 Å². The first-order chi connectivity index (χ1) is 22.2. The summed E-state index contributed by atoms with van der Waals surface area (Å²) in [5, 5.41) is 2.98. The molecule has 0 radical (unpaired) electrons. The van der Waals surface area contributed by atoms with Crippen molar-refractivity contribution in [2.45, 2.75) is 63.4 Å². The van der Waals surface area contributed by atoms with Crippen LogP contribution in [0.5, 0.6) is 34.5 Å². The highest BCUT2D eigenvalue weighted by Gasteiger charge is 2.43. The summed E-state index contributed by atoms with van der Waals surface area (Å²) in [6, 6.07) is 15.4. The molecule has 12 heteroatoms. The fourth-order valence-electron chi connectivity index (χ4n) is 6.16. The summed E-state index contributed by atoms with van der Waals surface area (Å²) < 4.78 is 57.3. The number of nitrogens with one attached hydrogen (secondary N) is 1. The van der Waals surface area contributed by atoms with E-state index in [1.807, 2.05) is 36.4 Å². The highest BCUT2D eigenvalue weighted by Crippen LogP contribution is 2.45. The number of rotatable bonds is 8. The van der Waals surface area contributed by atoms with Crippen LogP contribution in [0.2, 0.25) is 0 Å². The second-order valence-electron chi connectivity index (χ2n) is 11.0. The number of likely N-dealkylation sites (tertiary alicyclic amines) is 1. The Bertz CT molecular complexity index is 1520. The predicted molar refractivity (Wildman–Crippen MR) is 164 cm³/mol. The molecule has 3 aromatic carbocycles. The van der Waals surface area contributed by atoms with Crippen molar-refractivity contribution in [2.24, 2.45) is 0 Å². The first-order valence-corrected chi connectivity index (χ1v) is 15.1. The lowest BCUT2D eigenvalue weighted by Crippen LogP contribution is -2.38. The minimum atomic E-state index is -3.67. The van der Waals surface area contributed by atoms with Crippen LogP contribution in [-0.2, 0) is 16.1 Å². The van der Waals surface area contributed by atoms with Crippen molar-refractivity contribution in [1.82, 2.24) is 10.2 Å². The van der Waals surface area contributed by atoms with E-state index in [-0.39, 0.29) is 41.9 Å². The zero-order valence-corrected chi connectivity index (χ0v) is 26.3. The van der Waals surface area contributed by atoms with Gasteiger partial charge < -0.3 is 38.6 Å². The topological polar surface area (TPSA) is 105 Å². The number of nitrogens with zero attached hydrogens (tertiary/aromatic N) is 1. The van der Waals surface area contributed by atoms with Gasteiger partial charge in [-0.05, 0) is 67.6 Å². The number of halogens is 2. The van der Waals surface area contributed by atoms with E-state index >= 15 is 0 Å². The van der Waals surface area contributed by atoms with Crippen molar-refractivity contribution in [3.8, 4) is 34.5 Å². The number of methoxy groups -OCH3 is 4. The summed E-state index contributed by atoms with van der Waals surface area (Å²) in [6.45, 7) is 0.243. The third-order valence-electron chi connectivity index (χ3n) is 8.23. The normalized spacial score (nSPS) is 19.8. The zero-order chi connectivity index (χ0) is 32.8. The Morgan fingerprint density at radius 3 is 1.93 bits per heavy atom. The standard InChI is InChI=1S/C21H21F2NO5.C13H17NO3/c1-26-16-6-4-7-17(27-2)20(16)14-5-3-8-19(25)24(14)12-13-9-10-15-18(11-13)29-21(22,23)28-15;1-16-10-6-4-7-11(17-2)13(10)9-5-3-8-12(15)14-9/h4,6-7,9-11,14H,3,5,8,12H2,1-2H3;4,6-7,9H,3,5,8H2,1-2H3,(H,14,15). The Morgan fingerprint density at radius 1 is 0.783 bits per heavy atom. The molecule has 3 aliphatic rings. The Kier molecular flexibility index (Phi) is 10.0. The van der Waals surface area contributed by atoms with E-state index in [4.69, 9.17) is 18.9 Å². The van der Waals surface area contributed by atoms with Crippen molar-refractivity contribution in [3.05, 3.63) is 71.3 Å². The van der Waals surface area contributed by atoms with Crippen molar-refractivity contribution in [1.29, 1.82) is 0 Å². The largest absolute Gasteiger partial charge is 0.586 e. The summed E-state index contributed by atoms with van der Waals surface area (Å²) in [5.74, 6) is 2.81. The fourth-order valence-corrected chi connectivity index (χ4v) is 6.16. The molecule has 3 aliphatic heterocycles. The smallest absolute Gasteiger partial charge is 0.496 e. The van der Waals surface area contributed by atoms with Crippen molar-refractivity contribution in [3.63, 3.8) is 0 Å². The van der Waals surface area contributed by atoms with Crippen molar-refractivity contribution >= 4 is 11.8 Å². The maximum Gasteiger partial charge on any atom is 0.586 e. The molecule has 0 spiro atoms. The van der Waals surface area contributed by atoms with Gasteiger partial charge in [-0.2, -0.15) is 0 Å². The van der Waals surface area contributed by atoms with Crippen LogP contribution in [0.3, 0.4) is 0 Å². The average Bonchev–Trinajstić information content (AvgIpc) is 3.38. The summed E-state index contributed by atoms with van der Waals surface area (Å²) in [7, 11) is 6.41. The predicted octanol–water partition coefficient (Wildman–Crippen LogP) is 6.32. The van der Waals surface area contributed by atoms with Crippen LogP contribution in [0, 0.1) is 0 Å². The molecule has 2 unspecified atom stereocenters. The molecule has 0 aliphatic carbocycles. The molecular formula is C34H38F2N2O8. The Hall–Kier alpha value is -4.74. The Labute approximate surface area is 266 Å². The Balaban J connectivity index is 0.000000209. The van der Waals surface area contributed by atoms with Gasteiger partial charge in [-0.25, -0.2) is 0 Å². The number of fused-ring (bicyclic) bond motifs is 1. The SMILES string of the molecule is COc1cccc(OC)c1C1CCCC(=O)N1.COc1cccc(OC)c1C1CCCC(=O)N1Cc1ccc2c(c1)OC(F)(F)O2. The zero-order valence-electron chi connectivity index (χ0n) is 26.3. The fraction of sp³-hybridized carbons (Fsp3) is 0.412. The monoisotopic (exact) mass is 640 g/mol. The van der Waals surface area contributed by atoms with Gasteiger partial charge in [0.1, 0.15) is 23.0 Å². The molecular weight excluding hydrogens is 602 g/mol. The molecule has 2 fully saturated rings. The highest BCUT2D eigenvalue weighted by atomic mass is 19.3. The molecule has 46 heavy (non-hydrogen) atoms. The number of hydrogen-bond donors (Lipinski definition) is 1. The molecule has 3 aromatic rings. The van der Waals surface area contributed by atoms with Crippen LogP contribution < -0.4 is 33.7 Å². The third kappa shape index (κ3) is 7.05. The summed E-state index contributed by atoms with van der Waals surface area (Å²) in [5.41, 5.74) is 2.41. The van der Waals surface area contributed by atoms with Gasteiger partial charge in [-0.3, -0.25) is 9.59 Å². The van der Waals surface area contributed by atoms with E-state index in [9.17, 15) is 18.4 Å². The average molecular weight is 641 g/mol. The van der Waals surface area contributed by atoms with Crippen molar-refractivity contribution < 1.29 is 46.8 Å². The van der Waals surface area contributed by atoms with E-state index in [1.54, 1.807) is 39.4 Å². The molecule has 3 heterocycles. The molecule has 2 saturated heterocycles. The van der Waals surface area contributed by atoms with Crippen LogP contribution in [0.15, 0.2) is 54.6 Å². The lowest BCUT2D eigenvalue weighted by atomic mass is 9.92. The van der Waals surface area contributed by atoms with Crippen LogP contribution in [-0.4, -0.2) is 51.4 Å². The first-order valence-electron chi connectivity index (χ1n) is 15.1. The van der Waals surface area contributed by atoms with Crippen LogP contribution >= 0.6 is 0 Å². The molecule has 6 rings (SSSR count). The minimum Gasteiger partial charge on any atom is -0.496 e. The highest BCUT2D eigenvalue weighted by molar-refractivity contribution is 5.78. The van der Waals surface area contributed by atoms with E-state index in [0.717, 1.165) is 48.3 Å². The van der Waals surface area contributed by atoms with Gasteiger partial charge in [0.25, 0.3) is 0 Å². The quantitative estimate of drug-likeness (QED) is 0.305. The van der Waals surface area contributed by atoms with Crippen molar-refractivity contribution in [2.75, 3.05) is 28.4 Å². The summed E-state index contributed by atoms with van der Waals surface area (Å²) >= 11 is 0. The molecule has 2 amide bonds. The van der Waals surface area contributed by atoms with Gasteiger partial charge >= 0.3 is 6.29 Å². The lowest BCUT2D eigenvalue weighted by Gasteiger charge is -2.37. The molecule has 246 valence electrons. The number of carbonyl (C=O) groups is 2. The van der Waals surface area contributed by atoms with Crippen LogP contribution in [0.4, 0.5) is 8.78 Å². The molecule has 1 N–H and O–H groups in total. The molecule has 0 aromatic heterocycles. The maximum atomic E-state index is 13.3. The van der Waals surface area contributed by atoms with Gasteiger partial charge in [-0.15, -0.1) is 8.78 Å². The maximum absolute atomic E-state index is 13.3. The number of alkyl halides is 2. The molecule has 10 nitrogen and oxygen atoms in total. The lowest BCUT2D eigenvalue weighted by molar-refractivity contribution is -0.286. The van der Waals surface area contributed by atoms with Gasteiger partial charge in [0.05, 0.1) is 51.6 Å². The van der Waals surface area contributed by atoms with E-state index in [1.165, 1.54) is 12.1 Å². The summed E-state index contributed by atoms with van der Waals surface area (Å²) in [4.78, 5) is 26.0.